The summed E-state index contributed by atoms with van der Waals surface area (Å²) in [5.74, 6) is 0. The summed E-state index contributed by atoms with van der Waals surface area (Å²) in [4.78, 5) is 3.90. The molecular weight excluding hydrogens is 112 g/mol. The van der Waals surface area contributed by atoms with Gasteiger partial charge >= 0.3 is 0 Å². The van der Waals surface area contributed by atoms with Crippen molar-refractivity contribution in [3.05, 3.63) is 0 Å². The van der Waals surface area contributed by atoms with Gasteiger partial charge < -0.3 is 0 Å². The van der Waals surface area contributed by atoms with Crippen molar-refractivity contribution in [2.45, 2.75) is 6.42 Å². The zero-order chi connectivity index (χ0) is 5.11. The number of nitrogens with zero attached hydrogens (tertiary/aromatic N) is 1. The van der Waals surface area contributed by atoms with Crippen molar-refractivity contribution in [2.24, 2.45) is 4.99 Å². The molecule has 1 heterocycles. The molecule has 0 aromatic heterocycles. The molecule has 0 aliphatic carbocycles. The minimum Gasteiger partial charge on any atom is -0.298 e. The van der Waals surface area contributed by atoms with Crippen LogP contribution in [-0.2, 0) is 0 Å². The standard InChI is InChI=1S/C4H7ClN2/c5-4-1-2-6-3-7-4/h6H,1-3H2. The number of halogens is 1. The highest BCUT2D eigenvalue weighted by Crippen LogP contribution is 1.94. The number of hydrogen-bond acceptors (Lipinski definition) is 2. The van der Waals surface area contributed by atoms with E-state index < -0.39 is 0 Å². The average Bonchev–Trinajstić information content (AvgIpc) is 1.69. The van der Waals surface area contributed by atoms with Crippen molar-refractivity contribution in [2.75, 3.05) is 13.2 Å². The van der Waals surface area contributed by atoms with Crippen LogP contribution in [0.5, 0.6) is 0 Å². The van der Waals surface area contributed by atoms with Crippen LogP contribution >= 0.6 is 11.6 Å². The first-order valence-electron chi connectivity index (χ1n) is 2.29. The minimum atomic E-state index is 0.693. The molecule has 0 unspecified atom stereocenters. The monoisotopic (exact) mass is 118 g/mol. The summed E-state index contributed by atoms with van der Waals surface area (Å²) in [6.45, 7) is 1.67. The van der Waals surface area contributed by atoms with E-state index in [0.29, 0.717) is 6.67 Å². The Balaban J connectivity index is 2.40. The number of hydrogen-bond donors (Lipinski definition) is 1. The highest BCUT2D eigenvalue weighted by Gasteiger charge is 1.97. The lowest BCUT2D eigenvalue weighted by Crippen LogP contribution is -2.22. The third-order valence-corrected chi connectivity index (χ3v) is 1.18. The summed E-state index contributed by atoms with van der Waals surface area (Å²) in [5, 5.41) is 3.79. The van der Waals surface area contributed by atoms with Crippen molar-refractivity contribution in [3.8, 4) is 0 Å². The first-order chi connectivity index (χ1) is 3.39. The van der Waals surface area contributed by atoms with Gasteiger partial charge in [-0.3, -0.25) is 10.3 Å². The lowest BCUT2D eigenvalue weighted by atomic mass is 10.4. The van der Waals surface area contributed by atoms with Crippen molar-refractivity contribution in [1.82, 2.24) is 5.32 Å². The minimum absolute atomic E-state index is 0.693. The molecule has 3 heteroatoms. The fourth-order valence-electron chi connectivity index (χ4n) is 0.491. The quantitative estimate of drug-likeness (QED) is 0.494. The van der Waals surface area contributed by atoms with Gasteiger partial charge in [0, 0.05) is 13.0 Å². The van der Waals surface area contributed by atoms with Crippen LogP contribution < -0.4 is 5.32 Å². The molecule has 1 N–H and O–H groups in total. The van der Waals surface area contributed by atoms with Gasteiger partial charge in [0.2, 0.25) is 0 Å². The van der Waals surface area contributed by atoms with E-state index in [1.54, 1.807) is 0 Å². The lowest BCUT2D eigenvalue weighted by Gasteiger charge is -2.05. The van der Waals surface area contributed by atoms with Gasteiger partial charge in [0.1, 0.15) is 5.17 Å². The topological polar surface area (TPSA) is 24.4 Å². The van der Waals surface area contributed by atoms with Gasteiger partial charge in [0.15, 0.2) is 0 Å². The maximum Gasteiger partial charge on any atom is 0.103 e. The third kappa shape index (κ3) is 1.45. The zero-order valence-electron chi connectivity index (χ0n) is 3.95. The molecule has 0 bridgehead atoms. The van der Waals surface area contributed by atoms with E-state index >= 15 is 0 Å². The van der Waals surface area contributed by atoms with Crippen molar-refractivity contribution < 1.29 is 0 Å². The SMILES string of the molecule is ClC1=NCNCC1. The van der Waals surface area contributed by atoms with Crippen molar-refractivity contribution in [1.29, 1.82) is 0 Å². The molecule has 0 saturated carbocycles. The van der Waals surface area contributed by atoms with Gasteiger partial charge in [-0.2, -0.15) is 0 Å². The molecule has 40 valence electrons. The second kappa shape index (κ2) is 2.28. The summed E-state index contributed by atoms with van der Waals surface area (Å²) < 4.78 is 0. The van der Waals surface area contributed by atoms with E-state index in [0.717, 1.165) is 18.1 Å². The molecule has 0 atom stereocenters. The summed E-state index contributed by atoms with van der Waals surface area (Å²) >= 11 is 5.53. The molecule has 0 radical (unpaired) electrons. The van der Waals surface area contributed by atoms with Crippen LogP contribution in [0.25, 0.3) is 0 Å². The number of nitrogens with one attached hydrogen (secondary N) is 1. The highest BCUT2D eigenvalue weighted by atomic mass is 35.5. The molecular formula is C4H7ClN2. The van der Waals surface area contributed by atoms with Crippen molar-refractivity contribution >= 4 is 16.8 Å². The predicted octanol–water partition coefficient (Wildman–Crippen LogP) is 0.575. The molecule has 0 fully saturated rings. The smallest absolute Gasteiger partial charge is 0.103 e. The Hall–Kier alpha value is -0.0800. The van der Waals surface area contributed by atoms with Crippen LogP contribution in [0.2, 0.25) is 0 Å². The molecule has 2 nitrogen and oxygen atoms in total. The Bertz CT molecular complexity index is 89.7. The Labute approximate surface area is 47.6 Å². The second-order valence-corrected chi connectivity index (χ2v) is 1.88. The van der Waals surface area contributed by atoms with E-state index in [1.165, 1.54) is 0 Å². The normalized spacial score (nSPS) is 21.6. The summed E-state index contributed by atoms with van der Waals surface area (Å²) in [6, 6.07) is 0. The first-order valence-corrected chi connectivity index (χ1v) is 2.67. The van der Waals surface area contributed by atoms with E-state index in [2.05, 4.69) is 10.3 Å². The average molecular weight is 119 g/mol. The van der Waals surface area contributed by atoms with Crippen LogP contribution in [-0.4, -0.2) is 18.4 Å². The van der Waals surface area contributed by atoms with Gasteiger partial charge in [-0.05, 0) is 0 Å². The summed E-state index contributed by atoms with van der Waals surface area (Å²) in [5.41, 5.74) is 0. The van der Waals surface area contributed by atoms with Crippen molar-refractivity contribution in [3.63, 3.8) is 0 Å². The lowest BCUT2D eigenvalue weighted by molar-refractivity contribution is 0.695. The van der Waals surface area contributed by atoms with Crippen LogP contribution in [0.15, 0.2) is 4.99 Å². The Morgan fingerprint density at radius 2 is 2.57 bits per heavy atom. The molecule has 0 amide bonds. The molecule has 0 aromatic rings. The van der Waals surface area contributed by atoms with Gasteiger partial charge in [-0.25, -0.2) is 0 Å². The molecule has 1 aliphatic heterocycles. The highest BCUT2D eigenvalue weighted by molar-refractivity contribution is 6.65. The van der Waals surface area contributed by atoms with Crippen LogP contribution in [0.1, 0.15) is 6.42 Å². The predicted molar refractivity (Wildman–Crippen MR) is 30.8 cm³/mol. The summed E-state index contributed by atoms with van der Waals surface area (Å²) in [7, 11) is 0. The molecule has 0 aromatic carbocycles. The fourth-order valence-corrected chi connectivity index (χ4v) is 0.646. The van der Waals surface area contributed by atoms with E-state index in [1.807, 2.05) is 0 Å². The molecule has 1 rings (SSSR count). The van der Waals surface area contributed by atoms with Gasteiger partial charge in [-0.1, -0.05) is 11.6 Å². The molecule has 0 saturated heterocycles. The second-order valence-electron chi connectivity index (χ2n) is 1.44. The Morgan fingerprint density at radius 3 is 2.86 bits per heavy atom. The van der Waals surface area contributed by atoms with E-state index in [-0.39, 0.29) is 0 Å². The molecule has 1 aliphatic rings. The molecule has 0 spiro atoms. The van der Waals surface area contributed by atoms with Crippen LogP contribution in [0.4, 0.5) is 0 Å². The first kappa shape index (κ1) is 5.06. The largest absolute Gasteiger partial charge is 0.298 e. The maximum atomic E-state index is 5.53. The fraction of sp³-hybridized carbons (Fsp3) is 0.750. The zero-order valence-corrected chi connectivity index (χ0v) is 4.70. The Kier molecular flexibility index (Phi) is 1.65. The van der Waals surface area contributed by atoms with Crippen LogP contribution in [0.3, 0.4) is 0 Å². The number of aliphatic imine (C=N–C) groups is 1. The third-order valence-electron chi connectivity index (χ3n) is 0.870. The Morgan fingerprint density at radius 1 is 1.71 bits per heavy atom. The summed E-state index contributed by atoms with van der Waals surface area (Å²) in [6.07, 6.45) is 0.890. The van der Waals surface area contributed by atoms with Gasteiger partial charge in [0.05, 0.1) is 6.67 Å². The van der Waals surface area contributed by atoms with Gasteiger partial charge in [0.25, 0.3) is 0 Å². The van der Waals surface area contributed by atoms with Gasteiger partial charge in [-0.15, -0.1) is 0 Å². The van der Waals surface area contributed by atoms with E-state index in [4.69, 9.17) is 11.6 Å². The maximum absolute atomic E-state index is 5.53. The molecule has 7 heavy (non-hydrogen) atoms. The van der Waals surface area contributed by atoms with E-state index in [9.17, 15) is 0 Å². The number of rotatable bonds is 0. The van der Waals surface area contributed by atoms with Crippen LogP contribution in [0, 0.1) is 0 Å².